The average molecular weight is 401 g/mol. The third-order valence-corrected chi connectivity index (χ3v) is 6.35. The number of piperidine rings is 1. The lowest BCUT2D eigenvalue weighted by Gasteiger charge is -2.48. The Morgan fingerprint density at radius 2 is 1.79 bits per heavy atom. The summed E-state index contributed by atoms with van der Waals surface area (Å²) in [6, 6.07) is 14.2. The molecular formula is C22H25ClN2O3. The summed E-state index contributed by atoms with van der Waals surface area (Å²) in [4.78, 5) is 17.2. The van der Waals surface area contributed by atoms with Gasteiger partial charge in [0.2, 0.25) is 0 Å². The van der Waals surface area contributed by atoms with Crippen LogP contribution in [0.15, 0.2) is 48.5 Å². The zero-order valence-electron chi connectivity index (χ0n) is 15.7. The average Bonchev–Trinajstić information content (AvgIpc) is 3.25. The largest absolute Gasteiger partial charge is 0.506 e. The van der Waals surface area contributed by atoms with Crippen LogP contribution < -0.4 is 0 Å². The van der Waals surface area contributed by atoms with Crippen LogP contribution in [0, 0.1) is 0 Å². The van der Waals surface area contributed by atoms with Gasteiger partial charge >= 0.3 is 0 Å². The number of nitrogens with zero attached hydrogens (tertiary/aromatic N) is 2. The number of hydrogen-bond donors (Lipinski definition) is 2. The number of hydrogen-bond acceptors (Lipinski definition) is 4. The van der Waals surface area contributed by atoms with Crippen molar-refractivity contribution in [3.05, 3.63) is 64.7 Å². The van der Waals surface area contributed by atoms with Gasteiger partial charge in [-0.2, -0.15) is 0 Å². The molecule has 2 atom stereocenters. The third-order valence-electron chi connectivity index (χ3n) is 6.04. The molecule has 6 heteroatoms. The van der Waals surface area contributed by atoms with E-state index in [-0.39, 0.29) is 22.7 Å². The Bertz CT molecular complexity index is 854. The molecular weight excluding hydrogens is 376 g/mol. The number of phenols is 1. The maximum atomic E-state index is 13.1. The van der Waals surface area contributed by atoms with Gasteiger partial charge in [0, 0.05) is 18.7 Å². The molecule has 0 aromatic heterocycles. The molecule has 2 heterocycles. The van der Waals surface area contributed by atoms with E-state index in [4.69, 9.17) is 11.6 Å². The molecule has 4 rings (SSSR count). The number of aliphatic hydroxyl groups is 1. The molecule has 0 radical (unpaired) electrons. The number of amides is 1. The van der Waals surface area contributed by atoms with Gasteiger partial charge < -0.3 is 15.1 Å². The van der Waals surface area contributed by atoms with Crippen LogP contribution in [0.3, 0.4) is 0 Å². The zero-order chi connectivity index (χ0) is 19.7. The summed E-state index contributed by atoms with van der Waals surface area (Å²) in [5.41, 5.74) is 0.384. The van der Waals surface area contributed by atoms with Gasteiger partial charge in [-0.25, -0.2) is 0 Å². The monoisotopic (exact) mass is 400 g/mol. The Hall–Kier alpha value is -2.08. The fourth-order valence-electron chi connectivity index (χ4n) is 4.46. The molecule has 148 valence electrons. The number of carbonyl (C=O) groups is 1. The van der Waals surface area contributed by atoms with Gasteiger partial charge in [0.05, 0.1) is 11.1 Å². The molecule has 2 aromatic carbocycles. The van der Waals surface area contributed by atoms with E-state index in [1.807, 2.05) is 30.3 Å². The summed E-state index contributed by atoms with van der Waals surface area (Å²) in [5.74, 6) is -0.161. The van der Waals surface area contributed by atoms with Crippen LogP contribution in [0.25, 0.3) is 0 Å². The lowest BCUT2D eigenvalue weighted by Crippen LogP contribution is -2.61. The number of aromatic hydroxyl groups is 1. The van der Waals surface area contributed by atoms with Crippen molar-refractivity contribution >= 4 is 17.5 Å². The Morgan fingerprint density at radius 1 is 1.07 bits per heavy atom. The minimum Gasteiger partial charge on any atom is -0.506 e. The molecule has 2 fully saturated rings. The lowest BCUT2D eigenvalue weighted by molar-refractivity contribution is -0.0878. The SMILES string of the molecule is O=C(c1ccc(O)c(Cl)c1)N1CC[C@](O)(c2ccccc2)[C@H](N2CCCC2)C1. The fraction of sp³-hybridized carbons (Fsp3) is 0.409. The first-order valence-corrected chi connectivity index (χ1v) is 10.2. The van der Waals surface area contributed by atoms with E-state index in [0.29, 0.717) is 25.1 Å². The minimum atomic E-state index is -0.977. The van der Waals surface area contributed by atoms with Crippen molar-refractivity contribution in [3.8, 4) is 5.75 Å². The van der Waals surface area contributed by atoms with Gasteiger partial charge in [0.25, 0.3) is 5.91 Å². The van der Waals surface area contributed by atoms with E-state index in [9.17, 15) is 15.0 Å². The van der Waals surface area contributed by atoms with Crippen LogP contribution in [0.2, 0.25) is 5.02 Å². The third kappa shape index (κ3) is 3.50. The predicted octanol–water partition coefficient (Wildman–Crippen LogP) is 3.24. The van der Waals surface area contributed by atoms with Gasteiger partial charge in [-0.15, -0.1) is 0 Å². The summed E-state index contributed by atoms with van der Waals surface area (Å²) in [6.45, 7) is 2.80. The van der Waals surface area contributed by atoms with Crippen molar-refractivity contribution in [2.24, 2.45) is 0 Å². The molecule has 2 aliphatic rings. The maximum absolute atomic E-state index is 13.1. The molecule has 2 saturated heterocycles. The molecule has 0 aliphatic carbocycles. The van der Waals surface area contributed by atoms with Gasteiger partial charge in [-0.05, 0) is 56.1 Å². The highest BCUT2D eigenvalue weighted by Crippen LogP contribution is 2.38. The summed E-state index contributed by atoms with van der Waals surface area (Å²) >= 11 is 5.99. The first-order valence-electron chi connectivity index (χ1n) is 9.79. The van der Waals surface area contributed by atoms with Gasteiger partial charge in [-0.1, -0.05) is 41.9 Å². The quantitative estimate of drug-likeness (QED) is 0.830. The number of halogens is 1. The Labute approximate surface area is 170 Å². The molecule has 2 aromatic rings. The zero-order valence-corrected chi connectivity index (χ0v) is 16.5. The highest BCUT2D eigenvalue weighted by molar-refractivity contribution is 6.32. The van der Waals surface area contributed by atoms with Gasteiger partial charge in [-0.3, -0.25) is 9.69 Å². The van der Waals surface area contributed by atoms with E-state index >= 15 is 0 Å². The Kier molecular flexibility index (Phi) is 5.32. The normalized spacial score (nSPS) is 25.8. The van der Waals surface area contributed by atoms with Crippen molar-refractivity contribution in [3.63, 3.8) is 0 Å². The summed E-state index contributed by atoms with van der Waals surface area (Å²) in [7, 11) is 0. The molecule has 0 saturated carbocycles. The minimum absolute atomic E-state index is 0.0368. The molecule has 5 nitrogen and oxygen atoms in total. The predicted molar refractivity (Wildman–Crippen MR) is 109 cm³/mol. The summed E-state index contributed by atoms with van der Waals surface area (Å²) < 4.78 is 0. The number of benzene rings is 2. The maximum Gasteiger partial charge on any atom is 0.253 e. The smallest absolute Gasteiger partial charge is 0.253 e. The fourth-order valence-corrected chi connectivity index (χ4v) is 4.64. The standard InChI is InChI=1S/C22H25ClN2O3/c23-18-14-16(8-9-19(18)26)21(27)25-13-10-22(28,17-6-2-1-3-7-17)20(15-25)24-11-4-5-12-24/h1-3,6-9,14,20,26,28H,4-5,10-13,15H2/t20-,22+/m1/s1. The van der Waals surface area contributed by atoms with Crippen LogP contribution in [0.5, 0.6) is 5.75 Å². The summed E-state index contributed by atoms with van der Waals surface area (Å²) in [5, 5.41) is 21.5. The first-order chi connectivity index (χ1) is 13.5. The molecule has 0 spiro atoms. The van der Waals surface area contributed by atoms with Gasteiger partial charge in [0.15, 0.2) is 0 Å². The van der Waals surface area contributed by atoms with Crippen molar-refractivity contribution in [2.45, 2.75) is 30.9 Å². The molecule has 0 bridgehead atoms. The van der Waals surface area contributed by atoms with Crippen molar-refractivity contribution in [1.29, 1.82) is 0 Å². The van der Waals surface area contributed by atoms with Crippen LogP contribution in [0.4, 0.5) is 0 Å². The highest BCUT2D eigenvalue weighted by Gasteiger charge is 2.47. The first kappa shape index (κ1) is 19.2. The molecule has 1 amide bonds. The van der Waals surface area contributed by atoms with E-state index in [0.717, 1.165) is 31.5 Å². The molecule has 0 unspecified atom stereocenters. The van der Waals surface area contributed by atoms with Crippen LogP contribution in [0.1, 0.15) is 35.2 Å². The number of carbonyl (C=O) groups excluding carboxylic acids is 1. The van der Waals surface area contributed by atoms with Crippen LogP contribution in [-0.2, 0) is 5.60 Å². The van der Waals surface area contributed by atoms with E-state index in [1.165, 1.54) is 12.1 Å². The molecule has 2 N–H and O–H groups in total. The van der Waals surface area contributed by atoms with E-state index in [1.54, 1.807) is 11.0 Å². The van der Waals surface area contributed by atoms with Crippen molar-refractivity contribution in [1.82, 2.24) is 9.80 Å². The molecule has 28 heavy (non-hydrogen) atoms. The Balaban J connectivity index is 1.62. The number of rotatable bonds is 3. The topological polar surface area (TPSA) is 64.0 Å². The van der Waals surface area contributed by atoms with Crippen LogP contribution >= 0.6 is 11.6 Å². The second-order valence-corrected chi connectivity index (χ2v) is 8.12. The van der Waals surface area contributed by atoms with Gasteiger partial charge in [0.1, 0.15) is 11.4 Å². The van der Waals surface area contributed by atoms with E-state index < -0.39 is 5.60 Å². The second-order valence-electron chi connectivity index (χ2n) is 7.72. The van der Waals surface area contributed by atoms with Crippen molar-refractivity contribution in [2.75, 3.05) is 26.2 Å². The highest BCUT2D eigenvalue weighted by atomic mass is 35.5. The summed E-state index contributed by atoms with van der Waals surface area (Å²) in [6.07, 6.45) is 2.71. The van der Waals surface area contributed by atoms with E-state index in [2.05, 4.69) is 4.90 Å². The number of phenolic OH excluding ortho intramolecular Hbond substituents is 1. The molecule has 2 aliphatic heterocycles. The number of likely N-dealkylation sites (tertiary alicyclic amines) is 2. The Morgan fingerprint density at radius 3 is 2.46 bits per heavy atom. The lowest BCUT2D eigenvalue weighted by atomic mass is 9.79. The van der Waals surface area contributed by atoms with Crippen LogP contribution in [-0.4, -0.2) is 58.1 Å². The van der Waals surface area contributed by atoms with Crippen molar-refractivity contribution < 1.29 is 15.0 Å². The second kappa shape index (κ2) is 7.74.